The van der Waals surface area contributed by atoms with Crippen molar-refractivity contribution in [3.05, 3.63) is 96.6 Å². The van der Waals surface area contributed by atoms with Crippen LogP contribution in [0.4, 0.5) is 17.1 Å². The third-order valence-corrected chi connectivity index (χ3v) is 5.54. The van der Waals surface area contributed by atoms with Crippen LogP contribution < -0.4 is 10.0 Å². The highest BCUT2D eigenvalue weighted by Gasteiger charge is 2.16. The molecule has 0 spiro atoms. The fraction of sp³-hybridized carbons (Fsp3) is 0.0909. The van der Waals surface area contributed by atoms with E-state index in [0.717, 1.165) is 23.2 Å². The summed E-state index contributed by atoms with van der Waals surface area (Å²) in [5.74, 6) is 0. The molecular weight excluding hydrogens is 356 g/mol. The number of para-hydroxylation sites is 3. The fourth-order valence-corrected chi connectivity index (χ4v) is 3.80. The Bertz CT molecular complexity index is 1040. The Morgan fingerprint density at radius 3 is 2.11 bits per heavy atom. The zero-order chi connectivity index (χ0) is 19.3. The minimum absolute atomic E-state index is 0.231. The molecule has 0 amide bonds. The van der Waals surface area contributed by atoms with Gasteiger partial charge in [-0.15, -0.1) is 6.58 Å². The first-order valence-electron chi connectivity index (χ1n) is 8.64. The lowest BCUT2D eigenvalue weighted by atomic mass is 10.1. The first kappa shape index (κ1) is 18.7. The molecule has 0 saturated carbocycles. The lowest BCUT2D eigenvalue weighted by molar-refractivity contribution is 0.601. The number of hydrogen-bond acceptors (Lipinski definition) is 3. The van der Waals surface area contributed by atoms with Gasteiger partial charge in [-0.2, -0.15) is 0 Å². The molecule has 0 aliphatic rings. The van der Waals surface area contributed by atoms with E-state index in [9.17, 15) is 8.42 Å². The van der Waals surface area contributed by atoms with Gasteiger partial charge in [-0.3, -0.25) is 4.72 Å². The molecule has 0 fully saturated rings. The lowest BCUT2D eigenvalue weighted by Crippen LogP contribution is -2.14. The third-order valence-electron chi connectivity index (χ3n) is 4.15. The van der Waals surface area contributed by atoms with E-state index in [4.69, 9.17) is 0 Å². The van der Waals surface area contributed by atoms with Gasteiger partial charge in [0.25, 0.3) is 10.0 Å². The summed E-state index contributed by atoms with van der Waals surface area (Å²) in [5, 5.41) is 3.33. The number of aryl methyl sites for hydroxylation is 1. The van der Waals surface area contributed by atoms with Crippen LogP contribution in [-0.4, -0.2) is 8.42 Å². The fourth-order valence-electron chi connectivity index (χ4n) is 2.72. The van der Waals surface area contributed by atoms with Gasteiger partial charge in [0.1, 0.15) is 0 Å². The van der Waals surface area contributed by atoms with Crippen LogP contribution in [0.15, 0.2) is 90.3 Å². The molecule has 3 aromatic rings. The number of benzene rings is 3. The molecule has 0 bridgehead atoms. The van der Waals surface area contributed by atoms with Crippen molar-refractivity contribution in [2.75, 3.05) is 10.0 Å². The van der Waals surface area contributed by atoms with E-state index < -0.39 is 10.0 Å². The first-order chi connectivity index (χ1) is 13.0. The highest BCUT2D eigenvalue weighted by atomic mass is 32.2. The van der Waals surface area contributed by atoms with Gasteiger partial charge in [-0.25, -0.2) is 8.42 Å². The van der Waals surface area contributed by atoms with Crippen LogP contribution in [0.2, 0.25) is 0 Å². The largest absolute Gasteiger partial charge is 0.354 e. The van der Waals surface area contributed by atoms with Gasteiger partial charge in [-0.1, -0.05) is 54.1 Å². The molecule has 3 rings (SSSR count). The standard InChI is InChI=1S/C22H22N2O2S/c1-3-8-18-9-4-5-10-20(18)23-21-11-6-7-12-22(21)24-27(25,26)19-15-13-17(2)14-16-19/h3-7,9-16,23-24H,1,8H2,2H3. The maximum atomic E-state index is 12.7. The molecule has 2 N–H and O–H groups in total. The van der Waals surface area contributed by atoms with Gasteiger partial charge in [0.15, 0.2) is 0 Å². The monoisotopic (exact) mass is 378 g/mol. The smallest absolute Gasteiger partial charge is 0.261 e. The normalized spacial score (nSPS) is 11.0. The summed E-state index contributed by atoms with van der Waals surface area (Å²) in [7, 11) is -3.67. The topological polar surface area (TPSA) is 58.2 Å². The molecule has 27 heavy (non-hydrogen) atoms. The Labute approximate surface area is 160 Å². The van der Waals surface area contributed by atoms with Crippen molar-refractivity contribution in [2.45, 2.75) is 18.2 Å². The summed E-state index contributed by atoms with van der Waals surface area (Å²) < 4.78 is 28.2. The van der Waals surface area contributed by atoms with Gasteiger partial charge in [0.2, 0.25) is 0 Å². The molecule has 0 aliphatic carbocycles. The highest BCUT2D eigenvalue weighted by Crippen LogP contribution is 2.29. The van der Waals surface area contributed by atoms with Crippen LogP contribution in [0.5, 0.6) is 0 Å². The zero-order valence-corrected chi connectivity index (χ0v) is 16.0. The van der Waals surface area contributed by atoms with Crippen molar-refractivity contribution >= 4 is 27.1 Å². The van der Waals surface area contributed by atoms with Crippen molar-refractivity contribution in [1.82, 2.24) is 0 Å². The van der Waals surface area contributed by atoms with Crippen LogP contribution in [0.25, 0.3) is 0 Å². The summed E-state index contributed by atoms with van der Waals surface area (Å²) in [4.78, 5) is 0.231. The second-order valence-electron chi connectivity index (χ2n) is 6.24. The molecule has 5 heteroatoms. The van der Waals surface area contributed by atoms with Gasteiger partial charge < -0.3 is 5.32 Å². The van der Waals surface area contributed by atoms with E-state index in [1.807, 2.05) is 49.4 Å². The van der Waals surface area contributed by atoms with Crippen molar-refractivity contribution in [1.29, 1.82) is 0 Å². The second kappa shape index (κ2) is 8.10. The van der Waals surface area contributed by atoms with Gasteiger partial charge >= 0.3 is 0 Å². The van der Waals surface area contributed by atoms with E-state index in [0.29, 0.717) is 11.4 Å². The maximum absolute atomic E-state index is 12.7. The van der Waals surface area contributed by atoms with Crippen LogP contribution in [0.1, 0.15) is 11.1 Å². The van der Waals surface area contributed by atoms with Gasteiger partial charge in [-0.05, 0) is 49.2 Å². The zero-order valence-electron chi connectivity index (χ0n) is 15.1. The molecule has 138 valence electrons. The Balaban J connectivity index is 1.91. The molecule has 0 atom stereocenters. The number of hydrogen-bond donors (Lipinski definition) is 2. The van der Waals surface area contributed by atoms with Crippen LogP contribution in [-0.2, 0) is 16.4 Å². The van der Waals surface area contributed by atoms with Crippen LogP contribution in [0.3, 0.4) is 0 Å². The molecule has 0 aliphatic heterocycles. The Morgan fingerprint density at radius 1 is 0.852 bits per heavy atom. The minimum Gasteiger partial charge on any atom is -0.354 e. The molecule has 4 nitrogen and oxygen atoms in total. The molecule has 3 aromatic carbocycles. The van der Waals surface area contributed by atoms with Crippen molar-refractivity contribution in [3.63, 3.8) is 0 Å². The quantitative estimate of drug-likeness (QED) is 0.551. The lowest BCUT2D eigenvalue weighted by Gasteiger charge is -2.16. The van der Waals surface area contributed by atoms with E-state index in [1.54, 1.807) is 36.4 Å². The Hall–Kier alpha value is -3.05. The maximum Gasteiger partial charge on any atom is 0.261 e. The number of rotatable bonds is 7. The summed E-state index contributed by atoms with van der Waals surface area (Å²) in [6.07, 6.45) is 2.56. The van der Waals surface area contributed by atoms with E-state index in [-0.39, 0.29) is 4.90 Å². The molecule has 0 radical (unpaired) electrons. The highest BCUT2D eigenvalue weighted by molar-refractivity contribution is 7.92. The van der Waals surface area contributed by atoms with Crippen LogP contribution >= 0.6 is 0 Å². The number of anilines is 3. The summed E-state index contributed by atoms with van der Waals surface area (Å²) in [6, 6.07) is 21.9. The summed E-state index contributed by atoms with van der Waals surface area (Å²) in [6.45, 7) is 5.71. The van der Waals surface area contributed by atoms with E-state index in [2.05, 4.69) is 16.6 Å². The Kier molecular flexibility index (Phi) is 5.62. The van der Waals surface area contributed by atoms with Gasteiger partial charge in [0, 0.05) is 5.69 Å². The minimum atomic E-state index is -3.67. The van der Waals surface area contributed by atoms with Crippen molar-refractivity contribution in [2.24, 2.45) is 0 Å². The SMILES string of the molecule is C=CCc1ccccc1Nc1ccccc1NS(=O)(=O)c1ccc(C)cc1. The first-order valence-corrected chi connectivity index (χ1v) is 10.1. The van der Waals surface area contributed by atoms with E-state index >= 15 is 0 Å². The summed E-state index contributed by atoms with van der Waals surface area (Å²) >= 11 is 0. The average Bonchev–Trinajstić information content (AvgIpc) is 2.65. The molecule has 0 unspecified atom stereocenters. The van der Waals surface area contributed by atoms with Crippen molar-refractivity contribution < 1.29 is 8.42 Å². The third kappa shape index (κ3) is 4.57. The van der Waals surface area contributed by atoms with E-state index in [1.165, 1.54) is 0 Å². The Morgan fingerprint density at radius 2 is 1.44 bits per heavy atom. The average molecular weight is 378 g/mol. The van der Waals surface area contributed by atoms with Crippen LogP contribution in [0, 0.1) is 6.92 Å². The van der Waals surface area contributed by atoms with Gasteiger partial charge in [0.05, 0.1) is 16.3 Å². The second-order valence-corrected chi connectivity index (χ2v) is 7.92. The summed E-state index contributed by atoms with van der Waals surface area (Å²) in [5.41, 5.74) is 4.19. The molecular formula is C22H22N2O2S. The number of allylic oxidation sites excluding steroid dienone is 1. The molecule has 0 aromatic heterocycles. The predicted molar refractivity (Wildman–Crippen MR) is 112 cm³/mol. The van der Waals surface area contributed by atoms with Crippen molar-refractivity contribution in [3.8, 4) is 0 Å². The predicted octanol–water partition coefficient (Wildman–Crippen LogP) is 5.27. The number of sulfonamides is 1. The molecule has 0 saturated heterocycles. The molecule has 0 heterocycles. The number of nitrogens with one attached hydrogen (secondary N) is 2.